The van der Waals surface area contributed by atoms with Crippen molar-refractivity contribution in [3.8, 4) is 11.4 Å². The van der Waals surface area contributed by atoms with Crippen molar-refractivity contribution >= 4 is 22.6 Å². The second kappa shape index (κ2) is 8.44. The topological polar surface area (TPSA) is 90.5 Å². The lowest BCUT2D eigenvalue weighted by atomic mass is 10.0. The van der Waals surface area contributed by atoms with Gasteiger partial charge in [0.1, 0.15) is 17.0 Å². The first-order valence-electron chi connectivity index (χ1n) is 10.8. The van der Waals surface area contributed by atoms with E-state index in [0.29, 0.717) is 61.1 Å². The van der Waals surface area contributed by atoms with Gasteiger partial charge >= 0.3 is 0 Å². The van der Waals surface area contributed by atoms with Crippen molar-refractivity contribution in [2.45, 2.75) is 13.0 Å². The molecule has 0 aromatic carbocycles. The number of morpholine rings is 1. The Morgan fingerprint density at radius 3 is 2.78 bits per heavy atom. The van der Waals surface area contributed by atoms with Crippen molar-refractivity contribution in [2.24, 2.45) is 0 Å². The summed E-state index contributed by atoms with van der Waals surface area (Å²) in [6.45, 7) is 6.59. The maximum Gasteiger partial charge on any atom is 0.254 e. The smallest absolute Gasteiger partial charge is 0.254 e. The molecule has 2 fully saturated rings. The molecule has 0 spiro atoms. The summed E-state index contributed by atoms with van der Waals surface area (Å²) in [5.41, 5.74) is 1.75. The summed E-state index contributed by atoms with van der Waals surface area (Å²) in [5, 5.41) is 7.07. The molecule has 0 radical (unpaired) electrons. The van der Waals surface area contributed by atoms with Crippen molar-refractivity contribution in [1.82, 2.24) is 30.0 Å². The van der Waals surface area contributed by atoms with E-state index in [2.05, 4.69) is 25.0 Å². The SMILES string of the molecule is C[C@@H]1COCCN1c1cc(C(=O)N2CCN(C)CC2)c2c(F)cnc(-c3ccn[nH]3)c2n1. The van der Waals surface area contributed by atoms with Gasteiger partial charge in [0.25, 0.3) is 5.91 Å². The van der Waals surface area contributed by atoms with E-state index in [1.54, 1.807) is 23.2 Å². The fraction of sp³-hybridized carbons (Fsp3) is 0.455. The lowest BCUT2D eigenvalue weighted by Gasteiger charge is -2.35. The van der Waals surface area contributed by atoms with Gasteiger partial charge in [-0.05, 0) is 26.1 Å². The van der Waals surface area contributed by atoms with Crippen LogP contribution in [0.3, 0.4) is 0 Å². The molecule has 9 nitrogen and oxygen atoms in total. The van der Waals surface area contributed by atoms with Gasteiger partial charge < -0.3 is 19.4 Å². The van der Waals surface area contributed by atoms with Gasteiger partial charge in [-0.3, -0.25) is 9.89 Å². The number of halogens is 1. The molecule has 2 saturated heterocycles. The molecule has 0 aliphatic carbocycles. The molecule has 1 N–H and O–H groups in total. The zero-order valence-electron chi connectivity index (χ0n) is 18.2. The molecule has 3 aromatic rings. The van der Waals surface area contributed by atoms with Gasteiger partial charge in [-0.25, -0.2) is 14.4 Å². The monoisotopic (exact) mass is 439 g/mol. The van der Waals surface area contributed by atoms with Crippen LogP contribution in [0.25, 0.3) is 22.3 Å². The number of nitrogens with zero attached hydrogens (tertiary/aromatic N) is 6. The Balaban J connectivity index is 1.70. The number of piperazine rings is 1. The highest BCUT2D eigenvalue weighted by atomic mass is 19.1. The maximum absolute atomic E-state index is 15.2. The second-order valence-electron chi connectivity index (χ2n) is 8.39. The van der Waals surface area contributed by atoms with Crippen LogP contribution in [0.1, 0.15) is 17.3 Å². The number of likely N-dealkylation sites (N-methyl/N-ethyl adjacent to an activating group) is 1. The number of anilines is 1. The summed E-state index contributed by atoms with van der Waals surface area (Å²) in [6.07, 6.45) is 2.76. The van der Waals surface area contributed by atoms with Crippen LogP contribution in [0, 0.1) is 5.82 Å². The molecule has 168 valence electrons. The molecule has 2 aliphatic rings. The van der Waals surface area contributed by atoms with Gasteiger partial charge in [0, 0.05) is 38.9 Å². The van der Waals surface area contributed by atoms with Crippen LogP contribution >= 0.6 is 0 Å². The number of nitrogens with one attached hydrogen (secondary N) is 1. The quantitative estimate of drug-likeness (QED) is 0.665. The maximum atomic E-state index is 15.2. The Kier molecular flexibility index (Phi) is 5.48. The molecule has 1 amide bonds. The molecular formula is C22H26FN7O2. The third-order valence-corrected chi connectivity index (χ3v) is 6.21. The minimum atomic E-state index is -0.560. The van der Waals surface area contributed by atoms with E-state index >= 15 is 4.39 Å². The number of carbonyl (C=O) groups is 1. The number of H-pyrrole nitrogens is 1. The van der Waals surface area contributed by atoms with E-state index in [1.165, 1.54) is 0 Å². The first-order chi connectivity index (χ1) is 15.5. The average molecular weight is 439 g/mol. The standard InChI is InChI=1S/C22H26FN7O2/c1-14-13-32-10-9-30(14)18-11-15(22(31)29-7-5-28(2)6-8-29)19-16(23)12-24-20(21(19)26-18)17-3-4-25-27-17/h3-4,11-12,14H,5-10,13H2,1-2H3,(H,25,27)/t14-/m1/s1. The number of ether oxygens (including phenoxy) is 1. The van der Waals surface area contributed by atoms with Crippen molar-refractivity contribution in [3.63, 3.8) is 0 Å². The van der Waals surface area contributed by atoms with Gasteiger partial charge in [-0.1, -0.05) is 0 Å². The fourth-order valence-corrected chi connectivity index (χ4v) is 4.34. The summed E-state index contributed by atoms with van der Waals surface area (Å²) in [6, 6.07) is 3.57. The first kappa shape index (κ1) is 20.8. The fourth-order valence-electron chi connectivity index (χ4n) is 4.34. The van der Waals surface area contributed by atoms with E-state index in [1.807, 2.05) is 14.0 Å². The molecule has 5 heterocycles. The molecule has 2 aliphatic heterocycles. The predicted octanol–water partition coefficient (Wildman–Crippen LogP) is 1.77. The molecule has 0 saturated carbocycles. The van der Waals surface area contributed by atoms with Gasteiger partial charge in [0.05, 0.1) is 42.1 Å². The number of fused-ring (bicyclic) bond motifs is 1. The summed E-state index contributed by atoms with van der Waals surface area (Å²) in [4.78, 5) is 28.8. The first-order valence-corrected chi connectivity index (χ1v) is 10.8. The molecule has 10 heteroatoms. The van der Waals surface area contributed by atoms with Crippen LogP contribution in [0.2, 0.25) is 0 Å². The Morgan fingerprint density at radius 2 is 2.06 bits per heavy atom. The number of pyridine rings is 2. The highest BCUT2D eigenvalue weighted by molar-refractivity contribution is 6.09. The summed E-state index contributed by atoms with van der Waals surface area (Å²) in [7, 11) is 2.03. The van der Waals surface area contributed by atoms with Crippen LogP contribution in [0.5, 0.6) is 0 Å². The van der Waals surface area contributed by atoms with Gasteiger partial charge in [-0.2, -0.15) is 5.10 Å². The van der Waals surface area contributed by atoms with Crippen molar-refractivity contribution in [1.29, 1.82) is 0 Å². The number of rotatable bonds is 3. The molecule has 3 aromatic heterocycles. The zero-order chi connectivity index (χ0) is 22.2. The van der Waals surface area contributed by atoms with Gasteiger partial charge in [0.2, 0.25) is 0 Å². The molecule has 5 rings (SSSR count). The lowest BCUT2D eigenvalue weighted by Crippen LogP contribution is -2.47. The van der Waals surface area contributed by atoms with E-state index in [4.69, 9.17) is 9.72 Å². The number of hydrogen-bond donors (Lipinski definition) is 1. The summed E-state index contributed by atoms with van der Waals surface area (Å²) < 4.78 is 20.7. The third kappa shape index (κ3) is 3.69. The largest absolute Gasteiger partial charge is 0.377 e. The van der Waals surface area contributed by atoms with Crippen molar-refractivity contribution in [2.75, 3.05) is 57.9 Å². The average Bonchev–Trinajstić information content (AvgIpc) is 3.34. The number of aromatic amines is 1. The molecule has 1 atom stereocenters. The van der Waals surface area contributed by atoms with E-state index in [0.717, 1.165) is 19.3 Å². The lowest BCUT2D eigenvalue weighted by molar-refractivity contribution is 0.0665. The Hall–Kier alpha value is -3.11. The summed E-state index contributed by atoms with van der Waals surface area (Å²) >= 11 is 0. The summed E-state index contributed by atoms with van der Waals surface area (Å²) in [5.74, 6) is -0.123. The highest BCUT2D eigenvalue weighted by Gasteiger charge is 2.28. The Morgan fingerprint density at radius 1 is 1.25 bits per heavy atom. The molecule has 0 bridgehead atoms. The minimum Gasteiger partial charge on any atom is -0.377 e. The molecule has 0 unspecified atom stereocenters. The van der Waals surface area contributed by atoms with Gasteiger partial charge in [-0.15, -0.1) is 0 Å². The predicted molar refractivity (Wildman–Crippen MR) is 118 cm³/mol. The number of amides is 1. The van der Waals surface area contributed by atoms with Crippen LogP contribution in [-0.2, 0) is 4.74 Å². The zero-order valence-corrected chi connectivity index (χ0v) is 18.2. The highest BCUT2D eigenvalue weighted by Crippen LogP contribution is 2.32. The van der Waals surface area contributed by atoms with Crippen molar-refractivity contribution in [3.05, 3.63) is 35.9 Å². The minimum absolute atomic E-state index is 0.0809. The van der Waals surface area contributed by atoms with Gasteiger partial charge in [0.15, 0.2) is 5.82 Å². The van der Waals surface area contributed by atoms with E-state index < -0.39 is 5.82 Å². The Labute approximate surface area is 185 Å². The number of carbonyl (C=O) groups excluding carboxylic acids is 1. The van der Waals surface area contributed by atoms with Crippen molar-refractivity contribution < 1.29 is 13.9 Å². The third-order valence-electron chi connectivity index (χ3n) is 6.21. The molecular weight excluding hydrogens is 413 g/mol. The van der Waals surface area contributed by atoms with Crippen LogP contribution in [0.4, 0.5) is 10.2 Å². The number of hydrogen-bond acceptors (Lipinski definition) is 7. The number of aromatic nitrogens is 4. The second-order valence-corrected chi connectivity index (χ2v) is 8.39. The molecule has 32 heavy (non-hydrogen) atoms. The van der Waals surface area contributed by atoms with E-state index in [9.17, 15) is 4.79 Å². The van der Waals surface area contributed by atoms with Crippen LogP contribution in [0.15, 0.2) is 24.5 Å². The van der Waals surface area contributed by atoms with Crippen LogP contribution in [-0.4, -0.2) is 94.9 Å². The normalized spacial score (nSPS) is 20.2. The van der Waals surface area contributed by atoms with Crippen LogP contribution < -0.4 is 4.90 Å². The Bertz CT molecular complexity index is 1130. The van der Waals surface area contributed by atoms with E-state index in [-0.39, 0.29) is 17.3 Å².